The molecule has 0 bridgehead atoms. The molecule has 1 unspecified atom stereocenters. The van der Waals surface area contributed by atoms with E-state index < -0.39 is 5.54 Å². The number of amidine groups is 1. The Morgan fingerprint density at radius 3 is 2.86 bits per heavy atom. The summed E-state index contributed by atoms with van der Waals surface area (Å²) in [4.78, 5) is 37.9. The molecule has 3 amide bonds. The summed E-state index contributed by atoms with van der Waals surface area (Å²) >= 11 is 0. The van der Waals surface area contributed by atoms with E-state index in [0.717, 1.165) is 25.7 Å². The van der Waals surface area contributed by atoms with Gasteiger partial charge in [0.25, 0.3) is 0 Å². The highest BCUT2D eigenvalue weighted by Crippen LogP contribution is 2.37. The van der Waals surface area contributed by atoms with E-state index in [1.807, 2.05) is 12.1 Å². The monoisotopic (exact) mass is 385 g/mol. The first-order valence-corrected chi connectivity index (χ1v) is 10.1. The number of amides is 3. The molecule has 1 aromatic rings. The zero-order valence-electron chi connectivity index (χ0n) is 16.3. The molecule has 1 spiro atoms. The summed E-state index contributed by atoms with van der Waals surface area (Å²) in [6, 6.07) is 3.69. The van der Waals surface area contributed by atoms with Gasteiger partial charge >= 0.3 is 12.1 Å². The lowest BCUT2D eigenvalue weighted by atomic mass is 9.86. The number of nitrogens with one attached hydrogen (secondary N) is 1. The second-order valence-corrected chi connectivity index (χ2v) is 7.77. The molecule has 2 aliphatic heterocycles. The van der Waals surface area contributed by atoms with E-state index in [4.69, 9.17) is 9.73 Å². The number of likely N-dealkylation sites (tertiary alicyclic amines) is 1. The Kier molecular flexibility index (Phi) is 5.19. The van der Waals surface area contributed by atoms with Gasteiger partial charge in [0.05, 0.1) is 31.6 Å². The van der Waals surface area contributed by atoms with Crippen molar-refractivity contribution in [3.63, 3.8) is 0 Å². The Balaban J connectivity index is 1.74. The fourth-order valence-corrected chi connectivity index (χ4v) is 4.67. The number of urea groups is 1. The van der Waals surface area contributed by atoms with Gasteiger partial charge in [-0.3, -0.25) is 20.2 Å². The van der Waals surface area contributed by atoms with Crippen molar-refractivity contribution in [3.8, 4) is 0 Å². The third-order valence-electron chi connectivity index (χ3n) is 5.99. The van der Waals surface area contributed by atoms with E-state index in [1.54, 1.807) is 22.2 Å². The molecule has 3 aliphatic rings. The van der Waals surface area contributed by atoms with Crippen LogP contribution in [-0.2, 0) is 4.74 Å². The van der Waals surface area contributed by atoms with E-state index in [-0.39, 0.29) is 18.2 Å². The van der Waals surface area contributed by atoms with Gasteiger partial charge in [-0.15, -0.1) is 0 Å². The summed E-state index contributed by atoms with van der Waals surface area (Å²) in [5.41, 5.74) is 0.00449. The summed E-state index contributed by atoms with van der Waals surface area (Å²) in [6.45, 7) is 0.971. The van der Waals surface area contributed by atoms with Crippen LogP contribution >= 0.6 is 0 Å². The Morgan fingerprint density at radius 1 is 1.32 bits per heavy atom. The molecule has 1 saturated carbocycles. The van der Waals surface area contributed by atoms with Crippen LogP contribution in [0.15, 0.2) is 29.5 Å². The zero-order valence-corrected chi connectivity index (χ0v) is 16.3. The number of anilines is 1. The van der Waals surface area contributed by atoms with Gasteiger partial charge < -0.3 is 9.64 Å². The zero-order chi connectivity index (χ0) is 19.6. The Bertz CT molecular complexity index is 762. The van der Waals surface area contributed by atoms with Crippen LogP contribution in [0, 0.1) is 0 Å². The van der Waals surface area contributed by atoms with E-state index in [9.17, 15) is 9.59 Å². The van der Waals surface area contributed by atoms with Gasteiger partial charge in [0.2, 0.25) is 0 Å². The van der Waals surface area contributed by atoms with Gasteiger partial charge in [-0.05, 0) is 37.8 Å². The van der Waals surface area contributed by atoms with Gasteiger partial charge in [0.1, 0.15) is 11.4 Å². The minimum Gasteiger partial charge on any atom is -0.453 e. The van der Waals surface area contributed by atoms with Crippen molar-refractivity contribution in [3.05, 3.63) is 24.5 Å². The number of carbonyl (C=O) groups is 2. The maximum absolute atomic E-state index is 13.0. The summed E-state index contributed by atoms with van der Waals surface area (Å²) in [5.74, 6) is 0.682. The van der Waals surface area contributed by atoms with Gasteiger partial charge in [-0.25, -0.2) is 9.59 Å². The van der Waals surface area contributed by atoms with E-state index in [0.29, 0.717) is 24.6 Å². The molecule has 1 atom stereocenters. The fraction of sp³-hybridized carbons (Fsp3) is 0.600. The van der Waals surface area contributed by atoms with Gasteiger partial charge in [-0.2, -0.15) is 0 Å². The number of aliphatic imine (C=N–C) groups is 1. The highest BCUT2D eigenvalue weighted by molar-refractivity contribution is 6.19. The maximum atomic E-state index is 13.0. The van der Waals surface area contributed by atoms with E-state index in [1.165, 1.54) is 26.4 Å². The highest BCUT2D eigenvalue weighted by Gasteiger charge is 2.54. The Labute approximate surface area is 165 Å². The van der Waals surface area contributed by atoms with Crippen LogP contribution in [0.4, 0.5) is 15.3 Å². The first-order valence-electron chi connectivity index (χ1n) is 10.1. The van der Waals surface area contributed by atoms with Crippen molar-refractivity contribution in [2.45, 2.75) is 56.5 Å². The van der Waals surface area contributed by atoms with Crippen LogP contribution in [0.3, 0.4) is 0 Å². The molecule has 8 heteroatoms. The predicted octanol–water partition coefficient (Wildman–Crippen LogP) is 2.94. The predicted molar refractivity (Wildman–Crippen MR) is 105 cm³/mol. The average Bonchev–Trinajstić information content (AvgIpc) is 2.99. The molecule has 0 aromatic carbocycles. The Hall–Kier alpha value is -2.64. The number of carbonyl (C=O) groups excluding carboxylic acids is 2. The van der Waals surface area contributed by atoms with Gasteiger partial charge in [-0.1, -0.05) is 19.3 Å². The van der Waals surface area contributed by atoms with Crippen LogP contribution in [0.5, 0.6) is 0 Å². The molecule has 28 heavy (non-hydrogen) atoms. The van der Waals surface area contributed by atoms with Crippen LogP contribution < -0.4 is 10.2 Å². The van der Waals surface area contributed by atoms with Gasteiger partial charge in [0.15, 0.2) is 0 Å². The molecule has 1 aliphatic carbocycles. The van der Waals surface area contributed by atoms with Crippen molar-refractivity contribution in [1.82, 2.24) is 15.2 Å². The molecule has 150 valence electrons. The Morgan fingerprint density at radius 2 is 2.14 bits per heavy atom. The summed E-state index contributed by atoms with van der Waals surface area (Å²) in [6.07, 6.45) is 10.2. The molecule has 0 radical (unpaired) electrons. The number of ether oxygens (including phenoxy) is 1. The second-order valence-electron chi connectivity index (χ2n) is 7.77. The van der Waals surface area contributed by atoms with Crippen molar-refractivity contribution >= 4 is 23.6 Å². The summed E-state index contributed by atoms with van der Waals surface area (Å²) in [7, 11) is 1.39. The normalized spacial score (nSPS) is 27.3. The molecule has 8 nitrogen and oxygen atoms in total. The van der Waals surface area contributed by atoms with Crippen molar-refractivity contribution in [1.29, 1.82) is 0 Å². The van der Waals surface area contributed by atoms with Crippen LogP contribution in [-0.4, -0.2) is 59.6 Å². The molecular weight excluding hydrogens is 358 g/mol. The first kappa shape index (κ1) is 18.7. The van der Waals surface area contributed by atoms with Crippen molar-refractivity contribution in [2.75, 3.05) is 25.1 Å². The number of hydrogen-bond acceptors (Lipinski definition) is 5. The maximum Gasteiger partial charge on any atom is 0.409 e. The minimum absolute atomic E-state index is 0.214. The van der Waals surface area contributed by atoms with E-state index >= 15 is 0 Å². The number of aromatic nitrogens is 1. The molecule has 1 aromatic heterocycles. The van der Waals surface area contributed by atoms with Crippen LogP contribution in [0.1, 0.15) is 44.9 Å². The lowest BCUT2D eigenvalue weighted by Gasteiger charge is -2.44. The number of hydrogen-bond donors (Lipinski definition) is 1. The molecule has 3 heterocycles. The SMILES string of the molecule is COC(=O)N1CCCC2(C1)C(=NC1CCCCC1)NC(=O)N2c1cccnc1. The molecule has 4 rings (SSSR count). The standard InChI is InChI=1S/C20H27N5O3/c1-28-19(27)24-12-6-10-20(14-24)17(22-15-7-3-2-4-8-15)23-18(26)25(20)16-9-5-11-21-13-16/h5,9,11,13,15H,2-4,6-8,10,12,14H2,1H3,(H,22,23,26). The topological polar surface area (TPSA) is 87.1 Å². The molecule has 3 fully saturated rings. The smallest absolute Gasteiger partial charge is 0.409 e. The van der Waals surface area contributed by atoms with Crippen LogP contribution in [0.25, 0.3) is 0 Å². The number of nitrogens with zero attached hydrogens (tertiary/aromatic N) is 4. The van der Waals surface area contributed by atoms with Crippen molar-refractivity contribution in [2.24, 2.45) is 4.99 Å². The van der Waals surface area contributed by atoms with Gasteiger partial charge in [0, 0.05) is 12.7 Å². The third kappa shape index (κ3) is 3.31. The highest BCUT2D eigenvalue weighted by atomic mass is 16.5. The van der Waals surface area contributed by atoms with Crippen LogP contribution in [0.2, 0.25) is 0 Å². The molecule has 1 N–H and O–H groups in total. The lowest BCUT2D eigenvalue weighted by Crippen LogP contribution is -2.61. The number of methoxy groups -OCH3 is 1. The largest absolute Gasteiger partial charge is 0.453 e. The van der Waals surface area contributed by atoms with Crippen molar-refractivity contribution < 1.29 is 14.3 Å². The lowest BCUT2D eigenvalue weighted by molar-refractivity contribution is 0.105. The minimum atomic E-state index is -0.704. The summed E-state index contributed by atoms with van der Waals surface area (Å²) in [5, 5.41) is 3.02. The third-order valence-corrected chi connectivity index (χ3v) is 5.99. The number of rotatable bonds is 2. The molecule has 2 saturated heterocycles. The number of pyridine rings is 1. The number of piperidine rings is 1. The first-order chi connectivity index (χ1) is 13.6. The quantitative estimate of drug-likeness (QED) is 0.848. The fourth-order valence-electron chi connectivity index (χ4n) is 4.67. The molecular formula is C20H27N5O3. The van der Waals surface area contributed by atoms with E-state index in [2.05, 4.69) is 10.3 Å². The average molecular weight is 385 g/mol. The second kappa shape index (κ2) is 7.77. The summed E-state index contributed by atoms with van der Waals surface area (Å²) < 4.78 is 4.96.